The average Bonchev–Trinajstić information content (AvgIpc) is 4.09. The van der Waals surface area contributed by atoms with E-state index in [1.165, 1.54) is 29.8 Å². The molecule has 0 spiro atoms. The number of methoxy groups -OCH3 is 1. The van der Waals surface area contributed by atoms with Crippen LogP contribution in [0.15, 0.2) is 30.9 Å². The van der Waals surface area contributed by atoms with Gasteiger partial charge in [0.1, 0.15) is 41.0 Å². The van der Waals surface area contributed by atoms with Crippen molar-refractivity contribution in [2.45, 2.75) is 102 Å². The molecule has 2 aliphatic heterocycles. The van der Waals surface area contributed by atoms with Gasteiger partial charge in [-0.25, -0.2) is 23.0 Å². The fourth-order valence-corrected chi connectivity index (χ4v) is 8.78. The Morgan fingerprint density at radius 2 is 1.93 bits per heavy atom. The highest BCUT2D eigenvalue weighted by Crippen LogP contribution is 2.46. The molecule has 1 unspecified atom stereocenters. The molecular weight excluding hydrogens is 761 g/mol. The number of benzene rings is 1. The minimum atomic E-state index is -3.93. The van der Waals surface area contributed by atoms with Gasteiger partial charge in [0.15, 0.2) is 0 Å². The van der Waals surface area contributed by atoms with E-state index in [1.807, 2.05) is 19.9 Å². The molecule has 3 N–H and O–H groups in total. The van der Waals surface area contributed by atoms with E-state index in [0.29, 0.717) is 48.1 Å². The number of ether oxygens (including phenoxy) is 4. The molecule has 2 aliphatic carbocycles. The first-order valence-electron chi connectivity index (χ1n) is 19.2. The maximum atomic E-state index is 14.3. The van der Waals surface area contributed by atoms with Crippen LogP contribution in [-0.2, 0) is 40.3 Å². The molecule has 5 atom stereocenters. The fraction of sp³-hybridized carbons (Fsp3) is 0.590. The zero-order valence-electron chi connectivity index (χ0n) is 33.2. The summed E-state index contributed by atoms with van der Waals surface area (Å²) in [6.45, 7) is 11.0. The van der Waals surface area contributed by atoms with Crippen LogP contribution < -0.4 is 29.7 Å². The minimum absolute atomic E-state index is 0.0460. The van der Waals surface area contributed by atoms with Crippen molar-refractivity contribution in [3.63, 3.8) is 0 Å². The lowest BCUT2D eigenvalue weighted by Gasteiger charge is -2.29. The number of cyclic esters (lactones) is 1. The highest BCUT2D eigenvalue weighted by atomic mass is 32.2. The predicted octanol–water partition coefficient (Wildman–Crippen LogP) is 3.33. The highest BCUT2D eigenvalue weighted by molar-refractivity contribution is 7.91. The Bertz CT molecular complexity index is 2070. The molecule has 4 aliphatic rings. The van der Waals surface area contributed by atoms with Crippen LogP contribution >= 0.6 is 0 Å². The number of pyridine rings is 1. The van der Waals surface area contributed by atoms with Crippen LogP contribution in [0, 0.1) is 11.3 Å². The number of amides is 5. The summed E-state index contributed by atoms with van der Waals surface area (Å²) in [7, 11) is -0.860. The molecule has 3 fully saturated rings. The molecule has 0 radical (unpaired) electrons. The summed E-state index contributed by atoms with van der Waals surface area (Å²) < 4.78 is 50.8. The molecule has 1 aromatic heterocycles. The third-order valence-corrected chi connectivity index (χ3v) is 12.9. The third kappa shape index (κ3) is 8.89. The van der Waals surface area contributed by atoms with Gasteiger partial charge >= 0.3 is 12.2 Å². The normalized spacial score (nSPS) is 26.2. The standard InChI is InChI=1S/C39H52N6O11S/c1-8-24-19-39(24,35(48)43-57(51,52)26-12-13-26)42-33(46)29-16-25-20-45(29)34(47)22(3)40-36(49)55-21-38(4,5)14-10-11-23-15-27-28(17-30(23)53-7)41-32(18-31(27)56-25)44(6)37(50)54-9-2/h8,15,17-18,22,24-26,29H,1,9-14,16,19-21H2,2-7H3,(H,40,49)(H,42,46)(H,43,48)/t22-,24?,25+,29-,39+/m0/s1. The number of hydrogen-bond acceptors (Lipinski definition) is 12. The topological polar surface area (TPSA) is 212 Å². The Kier molecular flexibility index (Phi) is 11.7. The van der Waals surface area contributed by atoms with Gasteiger partial charge in [0.05, 0.1) is 37.6 Å². The highest BCUT2D eigenvalue weighted by Gasteiger charge is 2.62. The minimum Gasteiger partial charge on any atom is -0.496 e. The molecule has 2 saturated carbocycles. The number of aryl methyl sites for hydroxylation is 1. The third-order valence-electron chi connectivity index (χ3n) is 11.0. The second kappa shape index (κ2) is 16.0. The molecule has 1 saturated heterocycles. The monoisotopic (exact) mass is 812 g/mol. The Morgan fingerprint density at radius 1 is 1.19 bits per heavy atom. The number of sulfonamides is 1. The average molecular weight is 813 g/mol. The second-order valence-corrected chi connectivity index (χ2v) is 18.0. The van der Waals surface area contributed by atoms with Crippen molar-refractivity contribution in [2.24, 2.45) is 11.3 Å². The molecule has 6 rings (SSSR count). The fourth-order valence-electron chi connectivity index (χ4n) is 7.42. The van der Waals surface area contributed by atoms with Crippen molar-refractivity contribution in [3.05, 3.63) is 36.4 Å². The number of fused-ring (bicyclic) bond motifs is 3. The van der Waals surface area contributed by atoms with Gasteiger partial charge in [-0.1, -0.05) is 19.9 Å². The first kappa shape index (κ1) is 41.5. The van der Waals surface area contributed by atoms with Crippen molar-refractivity contribution in [1.29, 1.82) is 0 Å². The number of nitrogens with one attached hydrogen (secondary N) is 3. The van der Waals surface area contributed by atoms with E-state index in [-0.39, 0.29) is 38.4 Å². The van der Waals surface area contributed by atoms with E-state index in [9.17, 15) is 32.4 Å². The van der Waals surface area contributed by atoms with E-state index in [4.69, 9.17) is 23.9 Å². The summed E-state index contributed by atoms with van der Waals surface area (Å²) in [5.74, 6) is -1.65. The predicted molar refractivity (Wildman–Crippen MR) is 208 cm³/mol. The van der Waals surface area contributed by atoms with E-state index in [0.717, 1.165) is 12.0 Å². The summed E-state index contributed by atoms with van der Waals surface area (Å²) in [6, 6.07) is 2.94. The molecule has 1 aromatic carbocycles. The van der Waals surface area contributed by atoms with Gasteiger partial charge in [-0.3, -0.25) is 24.0 Å². The largest absolute Gasteiger partial charge is 0.496 e. The lowest BCUT2D eigenvalue weighted by atomic mass is 9.87. The molecule has 3 heterocycles. The zero-order valence-corrected chi connectivity index (χ0v) is 34.0. The number of aromatic nitrogens is 1. The van der Waals surface area contributed by atoms with E-state index >= 15 is 0 Å². The number of rotatable bonds is 9. The van der Waals surface area contributed by atoms with Gasteiger partial charge in [-0.15, -0.1) is 6.58 Å². The summed E-state index contributed by atoms with van der Waals surface area (Å²) in [6.07, 6.45) is 2.17. The lowest BCUT2D eigenvalue weighted by Crippen LogP contribution is -2.58. The molecule has 57 heavy (non-hydrogen) atoms. The second-order valence-electron chi connectivity index (χ2n) is 16.0. The first-order valence-corrected chi connectivity index (χ1v) is 20.8. The van der Waals surface area contributed by atoms with Gasteiger partial charge in [-0.05, 0) is 69.4 Å². The lowest BCUT2D eigenvalue weighted by molar-refractivity contribution is -0.140. The van der Waals surface area contributed by atoms with Crippen LogP contribution in [-0.4, -0.2) is 111 Å². The molecule has 2 aromatic rings. The maximum Gasteiger partial charge on any atom is 0.415 e. The van der Waals surface area contributed by atoms with Crippen LogP contribution in [0.25, 0.3) is 10.9 Å². The number of anilines is 1. The van der Waals surface area contributed by atoms with Crippen LogP contribution in [0.1, 0.15) is 71.8 Å². The summed E-state index contributed by atoms with van der Waals surface area (Å²) in [5, 5.41) is 5.28. The van der Waals surface area contributed by atoms with Crippen molar-refractivity contribution >= 4 is 56.7 Å². The number of carbonyl (C=O) groups excluding carboxylic acids is 5. The molecule has 5 amide bonds. The zero-order chi connectivity index (χ0) is 41.4. The first-order chi connectivity index (χ1) is 26.9. The summed E-state index contributed by atoms with van der Waals surface area (Å²) in [4.78, 5) is 75.0. The Morgan fingerprint density at radius 3 is 2.58 bits per heavy atom. The summed E-state index contributed by atoms with van der Waals surface area (Å²) in [5.41, 5.74) is -0.691. The molecule has 17 nitrogen and oxygen atoms in total. The van der Waals surface area contributed by atoms with Crippen LogP contribution in [0.3, 0.4) is 0 Å². The number of alkyl carbamates (subject to hydrolysis) is 1. The van der Waals surface area contributed by atoms with Gasteiger partial charge in [0.2, 0.25) is 21.8 Å². The molecule has 4 bridgehead atoms. The Balaban J connectivity index is 1.38. The maximum absolute atomic E-state index is 14.3. The quantitative estimate of drug-likeness (QED) is 0.312. The van der Waals surface area contributed by atoms with Gasteiger partial charge < -0.3 is 34.5 Å². The smallest absolute Gasteiger partial charge is 0.415 e. The van der Waals surface area contributed by atoms with Crippen molar-refractivity contribution in [3.8, 4) is 11.5 Å². The van der Waals surface area contributed by atoms with E-state index in [2.05, 4.69) is 21.9 Å². The molecule has 18 heteroatoms. The van der Waals surface area contributed by atoms with Gasteiger partial charge in [-0.2, -0.15) is 0 Å². The van der Waals surface area contributed by atoms with Gasteiger partial charge in [0.25, 0.3) is 5.91 Å². The molecular formula is C39H52N6O11S. The van der Waals surface area contributed by atoms with Crippen LogP contribution in [0.2, 0.25) is 0 Å². The Labute approximate surface area is 332 Å². The van der Waals surface area contributed by atoms with Crippen LogP contribution in [0.5, 0.6) is 11.5 Å². The van der Waals surface area contributed by atoms with Crippen molar-refractivity contribution < 1.29 is 51.3 Å². The number of hydrogen-bond donors (Lipinski definition) is 3. The number of carbonyl (C=O) groups is 5. The van der Waals surface area contributed by atoms with Crippen molar-refractivity contribution in [1.82, 2.24) is 25.2 Å². The number of nitrogens with zero attached hydrogens (tertiary/aromatic N) is 3. The van der Waals surface area contributed by atoms with Gasteiger partial charge in [0, 0.05) is 36.9 Å². The molecule has 310 valence electrons. The SMILES string of the molecule is C=CC1C[C@]1(NC(=O)[C@@H]1C[C@@H]2CN1C(=O)[C@H](C)NC(=O)OCC(C)(C)CCCc1cc3c(cc(N(C)C(=O)OCC)nc3cc1OC)O2)C(=O)NS(=O)(=O)C1CC1. The van der Waals surface area contributed by atoms with Crippen LogP contribution in [0.4, 0.5) is 15.4 Å². The van der Waals surface area contributed by atoms with E-state index < -0.39 is 80.2 Å². The van der Waals surface area contributed by atoms with Crippen molar-refractivity contribution in [2.75, 3.05) is 38.8 Å². The van der Waals surface area contributed by atoms with E-state index in [1.54, 1.807) is 26.2 Å². The Hall–Kier alpha value is -5.13. The summed E-state index contributed by atoms with van der Waals surface area (Å²) >= 11 is 0.